The molecule has 0 spiro atoms. The van der Waals surface area contributed by atoms with Crippen molar-refractivity contribution >= 4 is 11.3 Å². The Morgan fingerprint density at radius 3 is 2.50 bits per heavy atom. The van der Waals surface area contributed by atoms with Gasteiger partial charge < -0.3 is 5.32 Å². The Morgan fingerprint density at radius 1 is 1.38 bits per heavy atom. The van der Waals surface area contributed by atoms with Gasteiger partial charge in [-0.15, -0.1) is 11.3 Å². The Balaban J connectivity index is 2.27. The summed E-state index contributed by atoms with van der Waals surface area (Å²) in [5, 5.41) is 3.58. The minimum absolute atomic E-state index is 0.520. The highest BCUT2D eigenvalue weighted by molar-refractivity contribution is 7.12. The maximum atomic E-state index is 3.58. The third-order valence-electron chi connectivity index (χ3n) is 4.25. The van der Waals surface area contributed by atoms with Crippen molar-refractivity contribution in [1.29, 1.82) is 0 Å². The van der Waals surface area contributed by atoms with Gasteiger partial charge in [-0.2, -0.15) is 0 Å². The van der Waals surface area contributed by atoms with Gasteiger partial charge in [0.25, 0.3) is 0 Å². The Hall–Kier alpha value is -0.340. The minimum atomic E-state index is 0.520. The van der Waals surface area contributed by atoms with Crippen molar-refractivity contribution in [3.8, 4) is 0 Å². The molecule has 0 amide bonds. The normalized spacial score (nSPS) is 21.2. The van der Waals surface area contributed by atoms with E-state index in [0.29, 0.717) is 11.5 Å². The molecular weight excluding hydrogens is 214 g/mol. The topological polar surface area (TPSA) is 12.0 Å². The van der Waals surface area contributed by atoms with E-state index in [4.69, 9.17) is 0 Å². The second kappa shape index (κ2) is 4.89. The molecule has 90 valence electrons. The first-order valence-electron chi connectivity index (χ1n) is 6.45. The highest BCUT2D eigenvalue weighted by Gasteiger charge is 2.40. The highest BCUT2D eigenvalue weighted by atomic mass is 32.1. The van der Waals surface area contributed by atoms with Crippen molar-refractivity contribution in [3.63, 3.8) is 0 Å². The molecule has 1 aliphatic carbocycles. The van der Waals surface area contributed by atoms with E-state index in [-0.39, 0.29) is 0 Å². The number of thiophene rings is 1. The first-order chi connectivity index (χ1) is 7.72. The molecule has 16 heavy (non-hydrogen) atoms. The Morgan fingerprint density at radius 2 is 2.06 bits per heavy atom. The van der Waals surface area contributed by atoms with Crippen LogP contribution in [0.3, 0.4) is 0 Å². The number of rotatable bonds is 4. The van der Waals surface area contributed by atoms with E-state index in [0.717, 1.165) is 0 Å². The SMILES string of the molecule is CCC1(C(NC)c2ccc(C)s2)CCCC1. The van der Waals surface area contributed by atoms with Crippen molar-refractivity contribution in [2.45, 2.75) is 52.0 Å². The fraction of sp³-hybridized carbons (Fsp3) is 0.714. The third-order valence-corrected chi connectivity index (χ3v) is 5.32. The van der Waals surface area contributed by atoms with Gasteiger partial charge in [0, 0.05) is 15.8 Å². The van der Waals surface area contributed by atoms with E-state index >= 15 is 0 Å². The zero-order chi connectivity index (χ0) is 11.6. The van der Waals surface area contributed by atoms with E-state index < -0.39 is 0 Å². The van der Waals surface area contributed by atoms with Gasteiger partial charge in [-0.1, -0.05) is 19.8 Å². The first kappa shape index (κ1) is 12.1. The summed E-state index contributed by atoms with van der Waals surface area (Å²) in [5.74, 6) is 0. The van der Waals surface area contributed by atoms with Gasteiger partial charge in [-0.05, 0) is 50.8 Å². The third kappa shape index (κ3) is 2.05. The predicted molar refractivity (Wildman–Crippen MR) is 72.0 cm³/mol. The smallest absolute Gasteiger partial charge is 0.0469 e. The molecule has 1 nitrogen and oxygen atoms in total. The van der Waals surface area contributed by atoms with Gasteiger partial charge >= 0.3 is 0 Å². The summed E-state index contributed by atoms with van der Waals surface area (Å²) >= 11 is 1.96. The molecule has 1 unspecified atom stereocenters. The lowest BCUT2D eigenvalue weighted by Gasteiger charge is -2.36. The molecule has 2 rings (SSSR count). The zero-order valence-electron chi connectivity index (χ0n) is 10.7. The van der Waals surface area contributed by atoms with E-state index in [2.05, 4.69) is 38.3 Å². The summed E-state index contributed by atoms with van der Waals surface area (Å²) in [6, 6.07) is 5.14. The van der Waals surface area contributed by atoms with Crippen molar-refractivity contribution in [3.05, 3.63) is 21.9 Å². The second-order valence-electron chi connectivity index (χ2n) is 5.09. The van der Waals surface area contributed by atoms with Gasteiger partial charge in [0.1, 0.15) is 0 Å². The van der Waals surface area contributed by atoms with Gasteiger partial charge in [-0.3, -0.25) is 0 Å². The molecule has 0 bridgehead atoms. The summed E-state index contributed by atoms with van der Waals surface area (Å²) in [7, 11) is 2.12. The molecule has 0 aromatic carbocycles. The monoisotopic (exact) mass is 237 g/mol. The van der Waals surface area contributed by atoms with Crippen LogP contribution in [-0.2, 0) is 0 Å². The van der Waals surface area contributed by atoms with Crippen molar-refractivity contribution in [2.75, 3.05) is 7.05 Å². The Labute approximate surface area is 103 Å². The van der Waals surface area contributed by atoms with Crippen LogP contribution in [-0.4, -0.2) is 7.05 Å². The van der Waals surface area contributed by atoms with Crippen LogP contribution in [0.4, 0.5) is 0 Å². The molecule has 0 saturated heterocycles. The fourth-order valence-corrected chi connectivity index (χ4v) is 4.41. The highest BCUT2D eigenvalue weighted by Crippen LogP contribution is 2.50. The summed E-state index contributed by atoms with van der Waals surface area (Å²) in [4.78, 5) is 2.96. The molecule has 1 heterocycles. The van der Waals surface area contributed by atoms with Gasteiger partial charge in [-0.25, -0.2) is 0 Å². The van der Waals surface area contributed by atoms with Crippen molar-refractivity contribution < 1.29 is 0 Å². The molecular formula is C14H23NS. The minimum Gasteiger partial charge on any atom is -0.312 e. The second-order valence-corrected chi connectivity index (χ2v) is 6.41. The number of aryl methyl sites for hydroxylation is 1. The number of hydrogen-bond donors (Lipinski definition) is 1. The lowest BCUT2D eigenvalue weighted by atomic mass is 9.75. The molecule has 1 aromatic heterocycles. The fourth-order valence-electron chi connectivity index (χ4n) is 3.28. The number of hydrogen-bond acceptors (Lipinski definition) is 2. The molecule has 1 saturated carbocycles. The van der Waals surface area contributed by atoms with Crippen LogP contribution < -0.4 is 5.32 Å². The molecule has 1 N–H and O–H groups in total. The van der Waals surface area contributed by atoms with Crippen LogP contribution >= 0.6 is 11.3 Å². The average Bonchev–Trinajstić information content (AvgIpc) is 2.90. The van der Waals surface area contributed by atoms with Crippen molar-refractivity contribution in [2.24, 2.45) is 5.41 Å². The lowest BCUT2D eigenvalue weighted by molar-refractivity contribution is 0.198. The van der Waals surface area contributed by atoms with Gasteiger partial charge in [0.2, 0.25) is 0 Å². The average molecular weight is 237 g/mol. The van der Waals surface area contributed by atoms with E-state index in [9.17, 15) is 0 Å². The quantitative estimate of drug-likeness (QED) is 0.824. The Kier molecular flexibility index (Phi) is 3.70. The standard InChI is InChI=1S/C14H23NS/c1-4-14(9-5-6-10-14)13(15-3)12-8-7-11(2)16-12/h7-8,13,15H,4-6,9-10H2,1-3H3. The maximum Gasteiger partial charge on any atom is 0.0469 e. The molecule has 0 radical (unpaired) electrons. The van der Waals surface area contributed by atoms with Crippen LogP contribution in [0.1, 0.15) is 54.8 Å². The van der Waals surface area contributed by atoms with E-state index in [1.54, 1.807) is 0 Å². The summed E-state index contributed by atoms with van der Waals surface area (Å²) in [6.45, 7) is 4.56. The van der Waals surface area contributed by atoms with Crippen LogP contribution in [0.2, 0.25) is 0 Å². The summed E-state index contributed by atoms with van der Waals surface area (Å²) in [6.07, 6.45) is 6.92. The van der Waals surface area contributed by atoms with Crippen LogP contribution in [0, 0.1) is 12.3 Å². The van der Waals surface area contributed by atoms with Crippen LogP contribution in [0.25, 0.3) is 0 Å². The van der Waals surface area contributed by atoms with E-state index in [1.165, 1.54) is 41.9 Å². The lowest BCUT2D eigenvalue weighted by Crippen LogP contribution is -2.33. The first-order valence-corrected chi connectivity index (χ1v) is 7.27. The van der Waals surface area contributed by atoms with Crippen LogP contribution in [0.5, 0.6) is 0 Å². The van der Waals surface area contributed by atoms with Gasteiger partial charge in [0.05, 0.1) is 0 Å². The largest absolute Gasteiger partial charge is 0.312 e. The summed E-state index contributed by atoms with van der Waals surface area (Å²) in [5.41, 5.74) is 0.520. The van der Waals surface area contributed by atoms with Crippen LogP contribution in [0.15, 0.2) is 12.1 Å². The molecule has 1 atom stereocenters. The Bertz CT molecular complexity index is 336. The van der Waals surface area contributed by atoms with E-state index in [1.807, 2.05) is 11.3 Å². The van der Waals surface area contributed by atoms with Crippen molar-refractivity contribution in [1.82, 2.24) is 5.32 Å². The summed E-state index contributed by atoms with van der Waals surface area (Å²) < 4.78 is 0. The predicted octanol–water partition coefficient (Wildman–Crippen LogP) is 4.29. The number of nitrogens with one attached hydrogen (secondary N) is 1. The molecule has 1 aromatic rings. The molecule has 1 aliphatic rings. The molecule has 2 heteroatoms. The molecule has 0 aliphatic heterocycles. The zero-order valence-corrected chi connectivity index (χ0v) is 11.5. The molecule has 1 fully saturated rings. The maximum absolute atomic E-state index is 3.58. The van der Waals surface area contributed by atoms with Gasteiger partial charge in [0.15, 0.2) is 0 Å².